The average molecular weight is 480 g/mol. The van der Waals surface area contributed by atoms with Crippen LogP contribution < -0.4 is 5.32 Å². The molecular formula is C20H20Br2N2O2. The summed E-state index contributed by atoms with van der Waals surface area (Å²) in [6, 6.07) is 13.2. The van der Waals surface area contributed by atoms with Crippen molar-refractivity contribution in [1.82, 2.24) is 4.90 Å². The molecule has 0 spiro atoms. The van der Waals surface area contributed by atoms with Crippen molar-refractivity contribution in [2.75, 3.05) is 18.4 Å². The Labute approximate surface area is 170 Å². The Morgan fingerprint density at radius 3 is 2.31 bits per heavy atom. The molecule has 0 aliphatic carbocycles. The summed E-state index contributed by atoms with van der Waals surface area (Å²) < 4.78 is 1.97. The molecule has 1 aliphatic heterocycles. The zero-order chi connectivity index (χ0) is 18.7. The molecule has 0 bridgehead atoms. The lowest BCUT2D eigenvalue weighted by Crippen LogP contribution is -2.41. The maximum Gasteiger partial charge on any atom is 0.253 e. The molecule has 1 N–H and O–H groups in total. The fourth-order valence-corrected chi connectivity index (χ4v) is 3.60. The normalized spacial score (nSPS) is 15.0. The average Bonchev–Trinajstić information content (AvgIpc) is 2.65. The van der Waals surface area contributed by atoms with Gasteiger partial charge in [-0.1, -0.05) is 31.9 Å². The number of aryl methyl sites for hydroxylation is 1. The fraction of sp³-hybridized carbons (Fsp3) is 0.300. The highest BCUT2D eigenvalue weighted by Crippen LogP contribution is 2.24. The summed E-state index contributed by atoms with van der Waals surface area (Å²) in [5.74, 6) is -0.00437. The van der Waals surface area contributed by atoms with Crippen molar-refractivity contribution >= 4 is 49.4 Å². The largest absolute Gasteiger partial charge is 0.339 e. The molecule has 1 saturated heterocycles. The van der Waals surface area contributed by atoms with Crippen LogP contribution in [-0.4, -0.2) is 29.8 Å². The number of carbonyl (C=O) groups excluding carboxylic acids is 2. The van der Waals surface area contributed by atoms with Gasteiger partial charge in [-0.2, -0.15) is 0 Å². The third kappa shape index (κ3) is 4.54. The molecule has 0 atom stereocenters. The summed E-state index contributed by atoms with van der Waals surface area (Å²) in [7, 11) is 0. The molecule has 1 fully saturated rings. The summed E-state index contributed by atoms with van der Waals surface area (Å²) in [4.78, 5) is 26.9. The van der Waals surface area contributed by atoms with E-state index in [2.05, 4.69) is 37.2 Å². The minimum absolute atomic E-state index is 0.0277. The van der Waals surface area contributed by atoms with Crippen molar-refractivity contribution in [2.24, 2.45) is 5.92 Å². The maximum atomic E-state index is 12.6. The van der Waals surface area contributed by atoms with Crippen LogP contribution in [0.1, 0.15) is 28.8 Å². The van der Waals surface area contributed by atoms with Gasteiger partial charge in [0.25, 0.3) is 5.91 Å². The maximum absolute atomic E-state index is 12.6. The molecule has 0 saturated carbocycles. The molecule has 0 radical (unpaired) electrons. The standard InChI is InChI=1S/C20H20Br2N2O2/c1-13-12-17(6-7-18(13)22)23-19(25)14-8-10-24(11-9-14)20(26)15-2-4-16(21)5-3-15/h2-7,12,14H,8-11H2,1H3,(H,23,25). The number of likely N-dealkylation sites (tertiary alicyclic amines) is 1. The van der Waals surface area contributed by atoms with Gasteiger partial charge in [0, 0.05) is 39.2 Å². The molecule has 1 aliphatic rings. The number of halogens is 2. The Bertz CT molecular complexity index is 813. The number of hydrogen-bond acceptors (Lipinski definition) is 2. The van der Waals surface area contributed by atoms with Crippen molar-refractivity contribution < 1.29 is 9.59 Å². The summed E-state index contributed by atoms with van der Waals surface area (Å²) in [6.07, 6.45) is 1.37. The second-order valence-corrected chi connectivity index (χ2v) is 8.30. The first-order valence-electron chi connectivity index (χ1n) is 8.56. The van der Waals surface area contributed by atoms with Crippen LogP contribution in [0.2, 0.25) is 0 Å². The van der Waals surface area contributed by atoms with E-state index in [9.17, 15) is 9.59 Å². The molecule has 3 rings (SSSR count). The highest BCUT2D eigenvalue weighted by molar-refractivity contribution is 9.10. The smallest absolute Gasteiger partial charge is 0.253 e. The molecule has 136 valence electrons. The lowest BCUT2D eigenvalue weighted by Gasteiger charge is -2.31. The Kier molecular flexibility index (Phi) is 6.14. The minimum atomic E-state index is -0.0621. The summed E-state index contributed by atoms with van der Waals surface area (Å²) >= 11 is 6.84. The number of nitrogens with zero attached hydrogens (tertiary/aromatic N) is 1. The van der Waals surface area contributed by atoms with Crippen molar-refractivity contribution in [3.8, 4) is 0 Å². The first-order chi connectivity index (χ1) is 12.4. The van der Waals surface area contributed by atoms with Crippen LogP contribution in [0, 0.1) is 12.8 Å². The number of anilines is 1. The van der Waals surface area contributed by atoms with Crippen LogP contribution in [0.3, 0.4) is 0 Å². The Morgan fingerprint density at radius 2 is 1.69 bits per heavy atom. The number of benzene rings is 2. The predicted octanol–water partition coefficient (Wildman–Crippen LogP) is 5.01. The molecule has 26 heavy (non-hydrogen) atoms. The lowest BCUT2D eigenvalue weighted by atomic mass is 9.95. The number of amides is 2. The van der Waals surface area contributed by atoms with Crippen LogP contribution in [0.25, 0.3) is 0 Å². The number of piperidine rings is 1. The number of hydrogen-bond donors (Lipinski definition) is 1. The topological polar surface area (TPSA) is 49.4 Å². The van der Waals surface area contributed by atoms with E-state index in [0.717, 1.165) is 20.2 Å². The summed E-state index contributed by atoms with van der Waals surface area (Å²) in [5, 5.41) is 2.99. The monoisotopic (exact) mass is 478 g/mol. The molecule has 2 amide bonds. The van der Waals surface area contributed by atoms with Gasteiger partial charge in [0.2, 0.25) is 5.91 Å². The molecule has 4 nitrogen and oxygen atoms in total. The van der Waals surface area contributed by atoms with E-state index in [4.69, 9.17) is 0 Å². The van der Waals surface area contributed by atoms with Crippen LogP contribution in [-0.2, 0) is 4.79 Å². The summed E-state index contributed by atoms with van der Waals surface area (Å²) in [5.41, 5.74) is 2.57. The molecule has 2 aromatic rings. The predicted molar refractivity (Wildman–Crippen MR) is 110 cm³/mol. The lowest BCUT2D eigenvalue weighted by molar-refractivity contribution is -0.121. The Hall–Kier alpha value is -1.66. The molecule has 6 heteroatoms. The van der Waals surface area contributed by atoms with E-state index in [0.29, 0.717) is 31.5 Å². The zero-order valence-electron chi connectivity index (χ0n) is 14.5. The van der Waals surface area contributed by atoms with E-state index in [1.54, 1.807) is 0 Å². The van der Waals surface area contributed by atoms with Gasteiger partial charge in [0.1, 0.15) is 0 Å². The second-order valence-electron chi connectivity index (χ2n) is 6.53. The van der Waals surface area contributed by atoms with Gasteiger partial charge in [-0.05, 0) is 67.8 Å². The Balaban J connectivity index is 1.55. The van der Waals surface area contributed by atoms with E-state index in [1.165, 1.54) is 0 Å². The third-order valence-electron chi connectivity index (χ3n) is 4.67. The number of carbonyl (C=O) groups is 2. The van der Waals surface area contributed by atoms with Gasteiger partial charge >= 0.3 is 0 Å². The molecule has 2 aromatic carbocycles. The third-order valence-corrected chi connectivity index (χ3v) is 6.09. The molecule has 0 aromatic heterocycles. The van der Waals surface area contributed by atoms with Gasteiger partial charge in [0.05, 0.1) is 0 Å². The quantitative estimate of drug-likeness (QED) is 0.672. The summed E-state index contributed by atoms with van der Waals surface area (Å²) in [6.45, 7) is 3.20. The first-order valence-corrected chi connectivity index (χ1v) is 10.1. The van der Waals surface area contributed by atoms with Gasteiger partial charge in [-0.15, -0.1) is 0 Å². The van der Waals surface area contributed by atoms with Gasteiger partial charge < -0.3 is 10.2 Å². The van der Waals surface area contributed by atoms with E-state index >= 15 is 0 Å². The SMILES string of the molecule is Cc1cc(NC(=O)C2CCN(C(=O)c3ccc(Br)cc3)CC2)ccc1Br. The first kappa shape index (κ1) is 19.1. The van der Waals surface area contributed by atoms with Gasteiger partial charge in [-0.25, -0.2) is 0 Å². The zero-order valence-corrected chi connectivity index (χ0v) is 17.6. The number of nitrogens with one attached hydrogen (secondary N) is 1. The number of rotatable bonds is 3. The fourth-order valence-electron chi connectivity index (χ4n) is 3.09. The van der Waals surface area contributed by atoms with Crippen LogP contribution in [0.15, 0.2) is 51.4 Å². The highest BCUT2D eigenvalue weighted by Gasteiger charge is 2.27. The Morgan fingerprint density at radius 1 is 1.04 bits per heavy atom. The van der Waals surface area contributed by atoms with Gasteiger partial charge in [0.15, 0.2) is 0 Å². The van der Waals surface area contributed by atoms with E-state index in [1.807, 2.05) is 54.3 Å². The highest BCUT2D eigenvalue weighted by atomic mass is 79.9. The van der Waals surface area contributed by atoms with Crippen LogP contribution >= 0.6 is 31.9 Å². The minimum Gasteiger partial charge on any atom is -0.339 e. The van der Waals surface area contributed by atoms with E-state index < -0.39 is 0 Å². The molecular weight excluding hydrogens is 460 g/mol. The molecule has 1 heterocycles. The van der Waals surface area contributed by atoms with Crippen molar-refractivity contribution in [1.29, 1.82) is 0 Å². The van der Waals surface area contributed by atoms with Crippen molar-refractivity contribution in [2.45, 2.75) is 19.8 Å². The van der Waals surface area contributed by atoms with Gasteiger partial charge in [-0.3, -0.25) is 9.59 Å². The van der Waals surface area contributed by atoms with Crippen molar-refractivity contribution in [3.05, 3.63) is 62.5 Å². The van der Waals surface area contributed by atoms with Crippen LogP contribution in [0.4, 0.5) is 5.69 Å². The molecule has 0 unspecified atom stereocenters. The van der Waals surface area contributed by atoms with Crippen LogP contribution in [0.5, 0.6) is 0 Å². The van der Waals surface area contributed by atoms with E-state index in [-0.39, 0.29) is 17.7 Å². The second kappa shape index (κ2) is 8.35. The van der Waals surface area contributed by atoms with Crippen molar-refractivity contribution in [3.63, 3.8) is 0 Å².